The SMILES string of the molecule is COc1cc2c(cc1OC)[C@H](c1ccc(O)c(O)c1)CNC2. The first-order valence-corrected chi connectivity index (χ1v) is 7.11. The maximum atomic E-state index is 9.75. The average Bonchev–Trinajstić information content (AvgIpc) is 2.55. The summed E-state index contributed by atoms with van der Waals surface area (Å²) in [5.41, 5.74) is 3.22. The summed E-state index contributed by atoms with van der Waals surface area (Å²) < 4.78 is 10.7. The highest BCUT2D eigenvalue weighted by molar-refractivity contribution is 5.53. The van der Waals surface area contributed by atoms with E-state index in [0.717, 1.165) is 29.8 Å². The molecule has 2 aromatic rings. The number of nitrogens with one attached hydrogen (secondary N) is 1. The second-order valence-electron chi connectivity index (χ2n) is 5.34. The van der Waals surface area contributed by atoms with Crippen LogP contribution in [0, 0.1) is 0 Å². The molecule has 0 bridgehead atoms. The number of benzene rings is 2. The van der Waals surface area contributed by atoms with Gasteiger partial charge in [0, 0.05) is 19.0 Å². The predicted molar refractivity (Wildman–Crippen MR) is 82.9 cm³/mol. The lowest BCUT2D eigenvalue weighted by atomic mass is 9.85. The Labute approximate surface area is 129 Å². The zero-order valence-electron chi connectivity index (χ0n) is 12.6. The molecule has 0 radical (unpaired) electrons. The van der Waals surface area contributed by atoms with E-state index < -0.39 is 0 Å². The third-order valence-electron chi connectivity index (χ3n) is 4.09. The molecule has 0 saturated heterocycles. The van der Waals surface area contributed by atoms with Gasteiger partial charge in [0.2, 0.25) is 0 Å². The number of fused-ring (bicyclic) bond motifs is 1. The molecule has 1 aliphatic rings. The topological polar surface area (TPSA) is 71.0 Å². The van der Waals surface area contributed by atoms with Crippen LogP contribution in [0.4, 0.5) is 0 Å². The lowest BCUT2D eigenvalue weighted by Gasteiger charge is -2.28. The molecule has 1 aliphatic heterocycles. The molecule has 3 N–H and O–H groups in total. The highest BCUT2D eigenvalue weighted by Gasteiger charge is 2.24. The number of ether oxygens (including phenoxy) is 2. The second kappa shape index (κ2) is 5.77. The molecular weight excluding hydrogens is 282 g/mol. The van der Waals surface area contributed by atoms with Crippen molar-refractivity contribution in [1.82, 2.24) is 5.32 Å². The molecule has 0 aromatic heterocycles. The van der Waals surface area contributed by atoms with Gasteiger partial charge in [0.25, 0.3) is 0 Å². The number of methoxy groups -OCH3 is 2. The Balaban J connectivity index is 2.08. The van der Waals surface area contributed by atoms with Crippen LogP contribution in [-0.2, 0) is 6.54 Å². The van der Waals surface area contributed by atoms with Crippen LogP contribution in [0.15, 0.2) is 30.3 Å². The first kappa shape index (κ1) is 14.5. The maximum absolute atomic E-state index is 9.75. The standard InChI is InChI=1S/C17H19NO4/c1-21-16-6-11-8-18-9-13(12(11)7-17(16)22-2)10-3-4-14(19)15(20)5-10/h3-7,13,18-20H,8-9H2,1-2H3/t13-/m0/s1. The van der Waals surface area contributed by atoms with Gasteiger partial charge >= 0.3 is 0 Å². The van der Waals surface area contributed by atoms with Crippen LogP contribution in [0.5, 0.6) is 23.0 Å². The molecule has 116 valence electrons. The number of hydrogen-bond donors (Lipinski definition) is 3. The predicted octanol–water partition coefficient (Wildman–Crippen LogP) is 2.35. The van der Waals surface area contributed by atoms with Crippen molar-refractivity contribution in [3.63, 3.8) is 0 Å². The van der Waals surface area contributed by atoms with Crippen LogP contribution in [0.2, 0.25) is 0 Å². The summed E-state index contributed by atoms with van der Waals surface area (Å²) in [7, 11) is 3.24. The maximum Gasteiger partial charge on any atom is 0.161 e. The van der Waals surface area contributed by atoms with E-state index in [1.165, 1.54) is 6.07 Å². The zero-order valence-corrected chi connectivity index (χ0v) is 12.6. The molecule has 5 nitrogen and oxygen atoms in total. The van der Waals surface area contributed by atoms with E-state index in [-0.39, 0.29) is 17.4 Å². The molecule has 1 heterocycles. The van der Waals surface area contributed by atoms with Crippen molar-refractivity contribution < 1.29 is 19.7 Å². The normalized spacial score (nSPS) is 16.9. The van der Waals surface area contributed by atoms with Crippen LogP contribution >= 0.6 is 0 Å². The van der Waals surface area contributed by atoms with Gasteiger partial charge in [-0.3, -0.25) is 0 Å². The van der Waals surface area contributed by atoms with Crippen LogP contribution in [0.3, 0.4) is 0 Å². The smallest absolute Gasteiger partial charge is 0.161 e. The van der Waals surface area contributed by atoms with E-state index in [2.05, 4.69) is 5.32 Å². The zero-order chi connectivity index (χ0) is 15.7. The minimum absolute atomic E-state index is 0.0788. The lowest BCUT2D eigenvalue weighted by molar-refractivity contribution is 0.353. The first-order valence-electron chi connectivity index (χ1n) is 7.11. The summed E-state index contributed by atoms with van der Waals surface area (Å²) in [5, 5.41) is 22.6. The fourth-order valence-electron chi connectivity index (χ4n) is 2.93. The Morgan fingerprint density at radius 3 is 2.41 bits per heavy atom. The van der Waals surface area contributed by atoms with E-state index in [4.69, 9.17) is 9.47 Å². The Bertz CT molecular complexity index is 699. The van der Waals surface area contributed by atoms with Crippen molar-refractivity contribution in [2.45, 2.75) is 12.5 Å². The molecule has 22 heavy (non-hydrogen) atoms. The van der Waals surface area contributed by atoms with E-state index >= 15 is 0 Å². The van der Waals surface area contributed by atoms with Crippen LogP contribution in [0.1, 0.15) is 22.6 Å². The minimum Gasteiger partial charge on any atom is -0.504 e. The highest BCUT2D eigenvalue weighted by atomic mass is 16.5. The van der Waals surface area contributed by atoms with Gasteiger partial charge in [-0.05, 0) is 41.0 Å². The van der Waals surface area contributed by atoms with Crippen molar-refractivity contribution in [3.05, 3.63) is 47.0 Å². The molecule has 0 fully saturated rings. The summed E-state index contributed by atoms with van der Waals surface area (Å²) in [6.07, 6.45) is 0. The van der Waals surface area contributed by atoms with Gasteiger partial charge in [-0.1, -0.05) is 6.07 Å². The van der Waals surface area contributed by atoms with Gasteiger partial charge in [0.15, 0.2) is 23.0 Å². The van der Waals surface area contributed by atoms with Gasteiger partial charge in [0.1, 0.15) is 0 Å². The average molecular weight is 301 g/mol. The van der Waals surface area contributed by atoms with E-state index in [0.29, 0.717) is 11.5 Å². The van der Waals surface area contributed by atoms with Gasteiger partial charge < -0.3 is 25.0 Å². The monoisotopic (exact) mass is 301 g/mol. The summed E-state index contributed by atoms with van der Waals surface area (Å²) in [6.45, 7) is 1.52. The van der Waals surface area contributed by atoms with Crippen LogP contribution < -0.4 is 14.8 Å². The number of rotatable bonds is 3. The molecule has 0 spiro atoms. The largest absolute Gasteiger partial charge is 0.504 e. The Morgan fingerprint density at radius 2 is 1.73 bits per heavy atom. The van der Waals surface area contributed by atoms with Crippen molar-refractivity contribution in [1.29, 1.82) is 0 Å². The summed E-state index contributed by atoms with van der Waals surface area (Å²) in [6, 6.07) is 8.91. The number of phenols is 2. The summed E-state index contributed by atoms with van der Waals surface area (Å²) in [5.74, 6) is 1.26. The van der Waals surface area contributed by atoms with Crippen molar-refractivity contribution in [2.75, 3.05) is 20.8 Å². The van der Waals surface area contributed by atoms with Gasteiger partial charge in [-0.2, -0.15) is 0 Å². The molecule has 0 saturated carbocycles. The highest BCUT2D eigenvalue weighted by Crippen LogP contribution is 2.39. The van der Waals surface area contributed by atoms with Crippen molar-refractivity contribution in [2.24, 2.45) is 0 Å². The van der Waals surface area contributed by atoms with E-state index in [1.54, 1.807) is 20.3 Å². The third kappa shape index (κ3) is 2.44. The summed E-state index contributed by atoms with van der Waals surface area (Å²) >= 11 is 0. The van der Waals surface area contributed by atoms with Crippen molar-refractivity contribution >= 4 is 0 Å². The Hall–Kier alpha value is -2.40. The van der Waals surface area contributed by atoms with Crippen LogP contribution in [-0.4, -0.2) is 31.0 Å². The molecule has 0 amide bonds. The molecular formula is C17H19NO4. The number of phenolic OH excluding ortho intramolecular Hbond substituents is 2. The fraction of sp³-hybridized carbons (Fsp3) is 0.294. The number of aromatic hydroxyl groups is 2. The van der Waals surface area contributed by atoms with Gasteiger partial charge in [0.05, 0.1) is 14.2 Å². The molecule has 3 rings (SSSR count). The number of hydrogen-bond acceptors (Lipinski definition) is 5. The second-order valence-corrected chi connectivity index (χ2v) is 5.34. The van der Waals surface area contributed by atoms with Gasteiger partial charge in [-0.15, -0.1) is 0 Å². The minimum atomic E-state index is -0.111. The molecule has 2 aromatic carbocycles. The summed E-state index contributed by atoms with van der Waals surface area (Å²) in [4.78, 5) is 0. The molecule has 0 unspecified atom stereocenters. The third-order valence-corrected chi connectivity index (χ3v) is 4.09. The van der Waals surface area contributed by atoms with Crippen molar-refractivity contribution in [3.8, 4) is 23.0 Å². The Morgan fingerprint density at radius 1 is 1.00 bits per heavy atom. The van der Waals surface area contributed by atoms with Gasteiger partial charge in [-0.25, -0.2) is 0 Å². The molecule has 0 aliphatic carbocycles. The fourth-order valence-corrected chi connectivity index (χ4v) is 2.93. The molecule has 5 heteroatoms. The van der Waals surface area contributed by atoms with E-state index in [1.807, 2.05) is 18.2 Å². The molecule has 1 atom stereocenters. The quantitative estimate of drug-likeness (QED) is 0.759. The van der Waals surface area contributed by atoms with E-state index in [9.17, 15) is 10.2 Å². The lowest BCUT2D eigenvalue weighted by Crippen LogP contribution is -2.28. The first-order chi connectivity index (χ1) is 10.6. The van der Waals surface area contributed by atoms with Crippen LogP contribution in [0.25, 0.3) is 0 Å². The Kier molecular flexibility index (Phi) is 3.81.